The highest BCUT2D eigenvalue weighted by atomic mass is 32.1. The summed E-state index contributed by atoms with van der Waals surface area (Å²) in [6, 6.07) is 85.7. The molecule has 0 amide bonds. The highest BCUT2D eigenvalue weighted by Crippen LogP contribution is 2.44. The third-order valence-electron chi connectivity index (χ3n) is 15.1. The van der Waals surface area contributed by atoms with Gasteiger partial charge < -0.3 is 13.4 Å². The van der Waals surface area contributed by atoms with Gasteiger partial charge in [-0.1, -0.05) is 176 Å². The normalized spacial score (nSPS) is 11.9. The van der Waals surface area contributed by atoms with Crippen molar-refractivity contribution in [2.75, 3.05) is 0 Å². The maximum Gasteiger partial charge on any atom is 0.164 e. The molecule has 0 unspecified atom stereocenters. The number of hydrogen-bond acceptors (Lipinski definition) is 6. The Morgan fingerprint density at radius 1 is 0.303 bits per heavy atom. The van der Waals surface area contributed by atoms with E-state index in [1.807, 2.05) is 30.3 Å². The molecule has 5 heterocycles. The molecule has 0 aliphatic rings. The first-order valence-electron chi connectivity index (χ1n) is 25.5. The summed E-state index contributed by atoms with van der Waals surface area (Å²) in [5, 5.41) is 9.18. The quantitative estimate of drug-likeness (QED) is 0.159. The van der Waals surface area contributed by atoms with E-state index in [4.69, 9.17) is 23.8 Å². The fraction of sp³-hybridized carbons (Fsp3) is 0. The van der Waals surface area contributed by atoms with Crippen molar-refractivity contribution in [1.29, 1.82) is 0 Å². The number of hydrogen-bond donors (Lipinski definition) is 0. The van der Waals surface area contributed by atoms with E-state index in [0.29, 0.717) is 17.5 Å². The zero-order chi connectivity index (χ0) is 49.8. The summed E-state index contributed by atoms with van der Waals surface area (Å²) in [5.74, 6) is 1.86. The second-order valence-corrected chi connectivity index (χ2v) is 20.5. The Morgan fingerprint density at radius 3 is 1.71 bits per heavy atom. The van der Waals surface area contributed by atoms with Gasteiger partial charge in [-0.15, -0.1) is 11.3 Å². The van der Waals surface area contributed by atoms with Gasteiger partial charge in [-0.25, -0.2) is 15.0 Å². The van der Waals surface area contributed by atoms with Crippen LogP contribution in [0.25, 0.3) is 159 Å². The van der Waals surface area contributed by atoms with E-state index in [1.165, 1.54) is 31.2 Å². The van der Waals surface area contributed by atoms with Crippen LogP contribution in [0, 0.1) is 0 Å². The third kappa shape index (κ3) is 6.76. The average molecular weight is 989 g/mol. The number of nitrogens with zero attached hydrogens (tertiary/aromatic N) is 4. The Hall–Kier alpha value is -9.95. The van der Waals surface area contributed by atoms with Gasteiger partial charge in [0.25, 0.3) is 0 Å². The highest BCUT2D eigenvalue weighted by Gasteiger charge is 2.20. The van der Waals surface area contributed by atoms with Crippen molar-refractivity contribution >= 4 is 97.2 Å². The molecule has 0 bridgehead atoms. The van der Waals surface area contributed by atoms with Crippen LogP contribution in [0.2, 0.25) is 0 Å². The minimum atomic E-state index is 0.609. The summed E-state index contributed by atoms with van der Waals surface area (Å²) in [4.78, 5) is 15.5. The molecule has 6 nitrogen and oxygen atoms in total. The van der Waals surface area contributed by atoms with Crippen molar-refractivity contribution in [2.45, 2.75) is 0 Å². The van der Waals surface area contributed by atoms with Gasteiger partial charge in [0, 0.05) is 80.4 Å². The van der Waals surface area contributed by atoms with E-state index in [0.717, 1.165) is 110 Å². The van der Waals surface area contributed by atoms with E-state index < -0.39 is 0 Å². The van der Waals surface area contributed by atoms with Crippen LogP contribution < -0.4 is 0 Å². The minimum absolute atomic E-state index is 0.609. The van der Waals surface area contributed by atoms with E-state index in [2.05, 4.69) is 217 Å². The SMILES string of the molecule is c1ccc(-c2nc(-c3ccc(-c4cccc5c4oc4ccccc45)cc3)nc(-c3cccc4sc5cc(-c6ccc7c(c6)oc6ccc(-c8ccc9c%10ccccc%10n(-c%10ccccc%10)c9c8)cc67)ccc5c34)n2)cc1. The number of para-hydroxylation sites is 4. The van der Waals surface area contributed by atoms with Crippen LogP contribution in [0.3, 0.4) is 0 Å². The van der Waals surface area contributed by atoms with E-state index in [1.54, 1.807) is 11.3 Å². The highest BCUT2D eigenvalue weighted by molar-refractivity contribution is 7.26. The lowest BCUT2D eigenvalue weighted by Crippen LogP contribution is -2.00. The maximum atomic E-state index is 6.60. The first kappa shape index (κ1) is 42.5. The summed E-state index contributed by atoms with van der Waals surface area (Å²) in [7, 11) is 0. The molecule has 76 heavy (non-hydrogen) atoms. The van der Waals surface area contributed by atoms with Crippen LogP contribution in [0.5, 0.6) is 0 Å². The summed E-state index contributed by atoms with van der Waals surface area (Å²) >= 11 is 1.79. The summed E-state index contributed by atoms with van der Waals surface area (Å²) in [5.41, 5.74) is 16.4. The molecule has 16 aromatic rings. The van der Waals surface area contributed by atoms with E-state index >= 15 is 0 Å². The Kier molecular flexibility index (Phi) is 9.40. The van der Waals surface area contributed by atoms with Crippen molar-refractivity contribution in [1.82, 2.24) is 19.5 Å². The molecule has 5 aromatic heterocycles. The molecule has 11 aromatic carbocycles. The van der Waals surface area contributed by atoms with Gasteiger partial charge in [0.1, 0.15) is 22.3 Å². The van der Waals surface area contributed by atoms with E-state index in [9.17, 15) is 0 Å². The summed E-state index contributed by atoms with van der Waals surface area (Å²) in [6.45, 7) is 0. The molecule has 16 rings (SSSR count). The van der Waals surface area contributed by atoms with Crippen LogP contribution in [0.4, 0.5) is 0 Å². The molecule has 7 heteroatoms. The molecule has 0 saturated heterocycles. The lowest BCUT2D eigenvalue weighted by molar-refractivity contribution is 0.669. The molecule has 0 aliphatic heterocycles. The molecule has 0 N–H and O–H groups in total. The maximum absolute atomic E-state index is 6.60. The largest absolute Gasteiger partial charge is 0.456 e. The smallest absolute Gasteiger partial charge is 0.164 e. The first-order chi connectivity index (χ1) is 37.6. The van der Waals surface area contributed by atoms with Gasteiger partial charge in [-0.05, 0) is 94.5 Å². The predicted octanol–water partition coefficient (Wildman–Crippen LogP) is 19.1. The standard InChI is InChI=1S/C69H40N4O2S/c1-3-13-42(14-4-1)67-70-68(43-27-25-41(26-28-43)49-19-11-20-54-52-18-8-10-23-60(52)75-66(49)54)72-69(71-67)56-21-12-24-63-65(56)55-35-31-47(40-64(55)76-63)46-30-34-53-57-37-44(32-36-61(57)74-62(53)39-46)45-29-33-51-50-17-7-9-22-58(50)73(59(51)38-45)48-15-5-2-6-16-48/h1-40H. The van der Waals surface area contributed by atoms with Crippen LogP contribution >= 0.6 is 11.3 Å². The molecular weight excluding hydrogens is 949 g/mol. The number of benzene rings is 11. The van der Waals surface area contributed by atoms with Crippen molar-refractivity contribution in [3.8, 4) is 73.2 Å². The Labute approximate surface area is 439 Å². The zero-order valence-corrected chi connectivity index (χ0v) is 41.4. The van der Waals surface area contributed by atoms with Gasteiger partial charge in [0.15, 0.2) is 17.5 Å². The molecule has 0 aliphatic carbocycles. The van der Waals surface area contributed by atoms with Gasteiger partial charge in [0.2, 0.25) is 0 Å². The van der Waals surface area contributed by atoms with Crippen molar-refractivity contribution in [3.05, 3.63) is 243 Å². The van der Waals surface area contributed by atoms with Gasteiger partial charge in [-0.2, -0.15) is 0 Å². The fourth-order valence-corrected chi connectivity index (χ4v) is 12.6. The minimum Gasteiger partial charge on any atom is -0.456 e. The molecule has 0 spiro atoms. The van der Waals surface area contributed by atoms with Crippen LogP contribution in [0.15, 0.2) is 251 Å². The summed E-state index contributed by atoms with van der Waals surface area (Å²) < 4.78 is 17.7. The molecular formula is C69H40N4O2S. The molecule has 0 radical (unpaired) electrons. The van der Waals surface area contributed by atoms with Crippen molar-refractivity contribution < 1.29 is 8.83 Å². The second kappa shape index (κ2) is 16.8. The Morgan fingerprint density at radius 2 is 0.868 bits per heavy atom. The zero-order valence-electron chi connectivity index (χ0n) is 40.6. The van der Waals surface area contributed by atoms with Gasteiger partial charge >= 0.3 is 0 Å². The van der Waals surface area contributed by atoms with Crippen molar-refractivity contribution in [3.63, 3.8) is 0 Å². The fourth-order valence-electron chi connectivity index (χ4n) is 11.4. The second-order valence-electron chi connectivity index (χ2n) is 19.5. The number of thiophene rings is 1. The van der Waals surface area contributed by atoms with Gasteiger partial charge in [0.05, 0.1) is 11.0 Å². The Bertz CT molecular complexity index is 4990. The topological polar surface area (TPSA) is 69.9 Å². The van der Waals surface area contributed by atoms with Crippen molar-refractivity contribution in [2.24, 2.45) is 0 Å². The number of rotatable bonds is 7. The molecule has 354 valence electrons. The number of furan rings is 2. The van der Waals surface area contributed by atoms with Gasteiger partial charge in [-0.3, -0.25) is 0 Å². The lowest BCUT2D eigenvalue weighted by atomic mass is 9.99. The Balaban J connectivity index is 0.750. The third-order valence-corrected chi connectivity index (χ3v) is 16.2. The molecule has 0 saturated carbocycles. The lowest BCUT2D eigenvalue weighted by Gasteiger charge is -2.10. The summed E-state index contributed by atoms with van der Waals surface area (Å²) in [6.07, 6.45) is 0. The average Bonchev–Trinajstić information content (AvgIpc) is 4.27. The van der Waals surface area contributed by atoms with Crippen LogP contribution in [0.1, 0.15) is 0 Å². The van der Waals surface area contributed by atoms with E-state index in [-0.39, 0.29) is 0 Å². The van der Waals surface area contributed by atoms with Crippen LogP contribution in [-0.2, 0) is 0 Å². The first-order valence-corrected chi connectivity index (χ1v) is 26.3. The molecule has 0 fully saturated rings. The number of aromatic nitrogens is 4. The number of fused-ring (bicyclic) bond motifs is 12. The predicted molar refractivity (Wildman–Crippen MR) is 314 cm³/mol. The van der Waals surface area contributed by atoms with Crippen LogP contribution in [-0.4, -0.2) is 19.5 Å². The monoisotopic (exact) mass is 988 g/mol. The molecule has 0 atom stereocenters.